The highest BCUT2D eigenvalue weighted by molar-refractivity contribution is 5.88. The number of carbonyl (C=O) groups is 1. The molecule has 4 N–H and O–H groups in total. The minimum Gasteiger partial charge on any atom is -0.393 e. The van der Waals surface area contributed by atoms with Crippen LogP contribution in [0.15, 0.2) is 6.33 Å². The van der Waals surface area contributed by atoms with Crippen LogP contribution in [0.25, 0.3) is 11.0 Å². The number of nitrogens with zero attached hydrogens (tertiary/aromatic N) is 3. The number of fused-ring (bicyclic) bond motifs is 1. The molecule has 2 unspecified atom stereocenters. The van der Waals surface area contributed by atoms with E-state index in [9.17, 15) is 9.90 Å². The van der Waals surface area contributed by atoms with Crippen molar-refractivity contribution in [1.82, 2.24) is 25.5 Å². The first-order valence-corrected chi connectivity index (χ1v) is 7.61. The van der Waals surface area contributed by atoms with Gasteiger partial charge in [0.2, 0.25) is 5.91 Å². The number of hydrogen-bond donors (Lipinski definition) is 4. The van der Waals surface area contributed by atoms with E-state index >= 15 is 0 Å². The molecule has 0 bridgehead atoms. The van der Waals surface area contributed by atoms with E-state index in [-0.39, 0.29) is 5.91 Å². The van der Waals surface area contributed by atoms with Crippen molar-refractivity contribution < 1.29 is 9.90 Å². The van der Waals surface area contributed by atoms with Gasteiger partial charge in [-0.25, -0.2) is 9.97 Å². The van der Waals surface area contributed by atoms with Gasteiger partial charge in [-0.15, -0.1) is 0 Å². The van der Waals surface area contributed by atoms with Crippen LogP contribution in [-0.2, 0) is 4.79 Å². The third-order valence-corrected chi connectivity index (χ3v) is 3.83. The summed E-state index contributed by atoms with van der Waals surface area (Å²) in [6.07, 6.45) is 0.764. The maximum atomic E-state index is 12.1. The molecule has 2 atom stereocenters. The highest BCUT2D eigenvalue weighted by atomic mass is 16.3. The average molecular weight is 320 g/mol. The lowest BCUT2D eigenvalue weighted by Gasteiger charge is -2.29. The third-order valence-electron chi connectivity index (χ3n) is 3.83. The molecule has 0 saturated heterocycles. The number of hydrogen-bond acceptors (Lipinski definition) is 6. The van der Waals surface area contributed by atoms with Crippen LogP contribution in [0.1, 0.15) is 33.4 Å². The smallest absolute Gasteiger partial charge is 0.225 e. The standard InChI is InChI=1S/C15H24N6O2/c1-8(10(3)22)14(23)19-15(4,5)6-16-12-11-9(2)20-21-13(11)18-7-17-12/h7-8,10,22H,6H2,1-5H3,(H,19,23)(H2,16,17,18,20,21). The van der Waals surface area contributed by atoms with Gasteiger partial charge in [0.15, 0.2) is 5.65 Å². The van der Waals surface area contributed by atoms with Crippen molar-refractivity contribution in [1.29, 1.82) is 0 Å². The molecular formula is C15H24N6O2. The largest absolute Gasteiger partial charge is 0.393 e. The summed E-state index contributed by atoms with van der Waals surface area (Å²) in [7, 11) is 0. The van der Waals surface area contributed by atoms with Crippen LogP contribution in [0, 0.1) is 12.8 Å². The maximum Gasteiger partial charge on any atom is 0.225 e. The quantitative estimate of drug-likeness (QED) is 0.631. The van der Waals surface area contributed by atoms with Crippen molar-refractivity contribution >= 4 is 22.8 Å². The summed E-state index contributed by atoms with van der Waals surface area (Å²) >= 11 is 0. The van der Waals surface area contributed by atoms with Crippen LogP contribution in [-0.4, -0.2) is 49.4 Å². The zero-order valence-corrected chi connectivity index (χ0v) is 14.1. The predicted octanol–water partition coefficient (Wildman–Crippen LogP) is 0.985. The van der Waals surface area contributed by atoms with Crippen LogP contribution in [0.5, 0.6) is 0 Å². The van der Waals surface area contributed by atoms with E-state index in [1.807, 2.05) is 20.8 Å². The van der Waals surface area contributed by atoms with E-state index in [1.165, 1.54) is 6.33 Å². The lowest BCUT2D eigenvalue weighted by molar-refractivity contribution is -0.128. The molecule has 0 spiro atoms. The second kappa shape index (κ2) is 6.49. The fraction of sp³-hybridized carbons (Fsp3) is 0.600. The summed E-state index contributed by atoms with van der Waals surface area (Å²) in [4.78, 5) is 20.5. The Bertz CT molecular complexity index is 694. The van der Waals surface area contributed by atoms with Gasteiger partial charge in [0.25, 0.3) is 0 Å². The number of carbonyl (C=O) groups excluding carboxylic acids is 1. The molecule has 2 aromatic heterocycles. The fourth-order valence-electron chi connectivity index (χ4n) is 2.15. The minimum absolute atomic E-state index is 0.181. The Morgan fingerprint density at radius 2 is 2.09 bits per heavy atom. The number of aromatic amines is 1. The first kappa shape index (κ1) is 17.1. The van der Waals surface area contributed by atoms with E-state index in [4.69, 9.17) is 0 Å². The van der Waals surface area contributed by atoms with Gasteiger partial charge in [-0.3, -0.25) is 9.89 Å². The maximum absolute atomic E-state index is 12.1. The number of anilines is 1. The van der Waals surface area contributed by atoms with Gasteiger partial charge in [0.1, 0.15) is 12.1 Å². The molecule has 0 aromatic carbocycles. The predicted molar refractivity (Wildman–Crippen MR) is 88.0 cm³/mol. The van der Waals surface area contributed by atoms with Crippen molar-refractivity contribution in [3.63, 3.8) is 0 Å². The Kier molecular flexibility index (Phi) is 4.84. The Labute approximate surface area is 135 Å². The molecule has 2 rings (SSSR count). The number of amides is 1. The van der Waals surface area contributed by atoms with Crippen molar-refractivity contribution in [2.24, 2.45) is 5.92 Å². The Morgan fingerprint density at radius 3 is 2.74 bits per heavy atom. The molecule has 8 heteroatoms. The molecule has 23 heavy (non-hydrogen) atoms. The van der Waals surface area contributed by atoms with E-state index < -0.39 is 17.6 Å². The van der Waals surface area contributed by atoms with Crippen LogP contribution < -0.4 is 10.6 Å². The first-order chi connectivity index (χ1) is 10.7. The van der Waals surface area contributed by atoms with Gasteiger partial charge >= 0.3 is 0 Å². The molecule has 2 aromatic rings. The lowest BCUT2D eigenvalue weighted by Crippen LogP contribution is -2.51. The highest BCUT2D eigenvalue weighted by Gasteiger charge is 2.26. The SMILES string of the molecule is Cc1[nH]nc2ncnc(NCC(C)(C)NC(=O)C(C)C(C)O)c12. The monoisotopic (exact) mass is 320 g/mol. The third kappa shape index (κ3) is 3.95. The van der Waals surface area contributed by atoms with Gasteiger partial charge in [-0.1, -0.05) is 6.92 Å². The molecule has 2 heterocycles. The molecule has 0 aliphatic carbocycles. The molecular weight excluding hydrogens is 296 g/mol. The number of aromatic nitrogens is 4. The molecule has 0 saturated carbocycles. The average Bonchev–Trinajstić information content (AvgIpc) is 2.86. The summed E-state index contributed by atoms with van der Waals surface area (Å²) in [5.41, 5.74) is 0.979. The van der Waals surface area contributed by atoms with Crippen molar-refractivity contribution in [3.8, 4) is 0 Å². The molecule has 0 radical (unpaired) electrons. The number of aliphatic hydroxyl groups excluding tert-OH is 1. The molecule has 1 amide bonds. The van der Waals surface area contributed by atoms with Gasteiger partial charge in [0.05, 0.1) is 22.9 Å². The van der Waals surface area contributed by atoms with Crippen molar-refractivity contribution in [2.45, 2.75) is 46.3 Å². The summed E-state index contributed by atoms with van der Waals surface area (Å²) in [6, 6.07) is 0. The molecule has 0 fully saturated rings. The van der Waals surface area contributed by atoms with E-state index in [1.54, 1.807) is 13.8 Å². The number of nitrogens with one attached hydrogen (secondary N) is 3. The molecule has 126 valence electrons. The van der Waals surface area contributed by atoms with Gasteiger partial charge in [-0.2, -0.15) is 5.10 Å². The van der Waals surface area contributed by atoms with Gasteiger partial charge in [0, 0.05) is 12.2 Å². The molecule has 8 nitrogen and oxygen atoms in total. The van der Waals surface area contributed by atoms with Gasteiger partial charge < -0.3 is 15.7 Å². The van der Waals surface area contributed by atoms with Crippen molar-refractivity contribution in [3.05, 3.63) is 12.0 Å². The Balaban J connectivity index is 2.06. The van der Waals surface area contributed by atoms with E-state index in [0.717, 1.165) is 11.1 Å². The van der Waals surface area contributed by atoms with E-state index in [0.29, 0.717) is 18.0 Å². The normalized spacial score (nSPS) is 14.5. The first-order valence-electron chi connectivity index (χ1n) is 7.61. The van der Waals surface area contributed by atoms with Crippen LogP contribution in [0.4, 0.5) is 5.82 Å². The zero-order chi connectivity index (χ0) is 17.2. The Hall–Kier alpha value is -2.22. The fourth-order valence-corrected chi connectivity index (χ4v) is 2.15. The topological polar surface area (TPSA) is 116 Å². The van der Waals surface area contributed by atoms with Crippen LogP contribution >= 0.6 is 0 Å². The molecule has 0 aliphatic heterocycles. The summed E-state index contributed by atoms with van der Waals surface area (Å²) < 4.78 is 0. The summed E-state index contributed by atoms with van der Waals surface area (Å²) in [5, 5.41) is 23.5. The molecule has 0 aliphatic rings. The van der Waals surface area contributed by atoms with E-state index in [2.05, 4.69) is 30.8 Å². The number of aliphatic hydroxyl groups is 1. The lowest BCUT2D eigenvalue weighted by atomic mass is 10.0. The number of H-pyrrole nitrogens is 1. The minimum atomic E-state index is -0.686. The Morgan fingerprint density at radius 1 is 1.39 bits per heavy atom. The van der Waals surface area contributed by atoms with Crippen LogP contribution in [0.2, 0.25) is 0 Å². The summed E-state index contributed by atoms with van der Waals surface area (Å²) in [5.74, 6) is 0.0300. The second-order valence-electron chi connectivity index (χ2n) is 6.53. The van der Waals surface area contributed by atoms with Crippen molar-refractivity contribution in [2.75, 3.05) is 11.9 Å². The summed E-state index contributed by atoms with van der Waals surface area (Å²) in [6.45, 7) is 9.50. The number of aryl methyl sites for hydroxylation is 1. The second-order valence-corrected chi connectivity index (χ2v) is 6.53. The zero-order valence-electron chi connectivity index (χ0n) is 14.1. The highest BCUT2D eigenvalue weighted by Crippen LogP contribution is 2.21. The van der Waals surface area contributed by atoms with Crippen LogP contribution in [0.3, 0.4) is 0 Å². The number of rotatable bonds is 6. The van der Waals surface area contributed by atoms with Gasteiger partial charge in [-0.05, 0) is 27.7 Å².